The lowest BCUT2D eigenvalue weighted by atomic mass is 9.73. The summed E-state index contributed by atoms with van der Waals surface area (Å²) in [6.45, 7) is 0.917. The van der Waals surface area contributed by atoms with Gasteiger partial charge in [0.1, 0.15) is 0 Å². The highest BCUT2D eigenvalue weighted by Gasteiger charge is 2.40. The lowest BCUT2D eigenvalue weighted by molar-refractivity contribution is -0.121. The van der Waals surface area contributed by atoms with Crippen molar-refractivity contribution < 1.29 is 9.15 Å². The van der Waals surface area contributed by atoms with Gasteiger partial charge in [0.15, 0.2) is 0 Å². The van der Waals surface area contributed by atoms with Crippen LogP contribution in [0.3, 0.4) is 0 Å². The van der Waals surface area contributed by atoms with Gasteiger partial charge in [0, 0.05) is 18.2 Å². The second kappa shape index (κ2) is 5.68. The Morgan fingerprint density at radius 2 is 2.16 bits per heavy atom. The molecule has 3 heteroatoms. The molecule has 19 heavy (non-hydrogen) atoms. The van der Waals surface area contributed by atoms with E-state index in [-0.39, 0.29) is 5.60 Å². The molecule has 0 radical (unpaired) electrons. The minimum absolute atomic E-state index is 0.181. The van der Waals surface area contributed by atoms with Crippen LogP contribution in [0.5, 0.6) is 0 Å². The fraction of sp³-hybridized carbons (Fsp3) is 0.750. The van der Waals surface area contributed by atoms with Crippen molar-refractivity contribution in [2.24, 2.45) is 5.92 Å². The molecular formula is C16H25NO2. The first-order valence-corrected chi connectivity index (χ1v) is 7.66. The molecule has 1 aliphatic heterocycles. The average molecular weight is 263 g/mol. The second-order valence-corrected chi connectivity index (χ2v) is 6.17. The largest absolute Gasteiger partial charge is 0.472 e. The molecule has 2 heterocycles. The summed E-state index contributed by atoms with van der Waals surface area (Å²) in [6, 6.07) is 2.49. The van der Waals surface area contributed by atoms with Crippen LogP contribution in [0, 0.1) is 5.92 Å². The van der Waals surface area contributed by atoms with Crippen LogP contribution in [0.25, 0.3) is 0 Å². The van der Waals surface area contributed by atoms with Crippen LogP contribution in [-0.2, 0) is 4.74 Å². The topological polar surface area (TPSA) is 34.4 Å². The molecule has 1 spiro atoms. The van der Waals surface area contributed by atoms with Crippen LogP contribution in [0.1, 0.15) is 56.6 Å². The molecular weight excluding hydrogens is 238 g/mol. The quantitative estimate of drug-likeness (QED) is 0.903. The number of hydrogen-bond donors (Lipinski definition) is 1. The van der Waals surface area contributed by atoms with Gasteiger partial charge < -0.3 is 14.5 Å². The van der Waals surface area contributed by atoms with Gasteiger partial charge in [-0.05, 0) is 44.7 Å². The fourth-order valence-electron chi connectivity index (χ4n) is 4.02. The van der Waals surface area contributed by atoms with Crippen LogP contribution < -0.4 is 5.32 Å². The van der Waals surface area contributed by atoms with E-state index >= 15 is 0 Å². The Balaban J connectivity index is 1.73. The van der Waals surface area contributed by atoms with Crippen molar-refractivity contribution in [2.45, 2.75) is 56.6 Å². The van der Waals surface area contributed by atoms with Crippen molar-refractivity contribution in [1.82, 2.24) is 5.32 Å². The van der Waals surface area contributed by atoms with E-state index < -0.39 is 0 Å². The van der Waals surface area contributed by atoms with E-state index in [1.165, 1.54) is 44.1 Å². The summed E-state index contributed by atoms with van der Waals surface area (Å²) in [6.07, 6.45) is 12.6. The third-order valence-corrected chi connectivity index (χ3v) is 4.98. The van der Waals surface area contributed by atoms with Crippen LogP contribution in [0.4, 0.5) is 0 Å². The van der Waals surface area contributed by atoms with Gasteiger partial charge >= 0.3 is 0 Å². The molecule has 0 amide bonds. The Morgan fingerprint density at radius 1 is 1.32 bits per heavy atom. The minimum Gasteiger partial charge on any atom is -0.472 e. The summed E-state index contributed by atoms with van der Waals surface area (Å²) < 4.78 is 11.5. The van der Waals surface area contributed by atoms with Crippen molar-refractivity contribution >= 4 is 0 Å². The van der Waals surface area contributed by atoms with Crippen LogP contribution in [-0.4, -0.2) is 19.3 Å². The second-order valence-electron chi connectivity index (χ2n) is 6.17. The Morgan fingerprint density at radius 3 is 2.84 bits per heavy atom. The first kappa shape index (κ1) is 13.2. The first-order chi connectivity index (χ1) is 9.33. The summed E-state index contributed by atoms with van der Waals surface area (Å²) in [5, 5.41) is 3.48. The monoisotopic (exact) mass is 263 g/mol. The smallest absolute Gasteiger partial charge is 0.0950 e. The fourth-order valence-corrected chi connectivity index (χ4v) is 4.02. The van der Waals surface area contributed by atoms with Gasteiger partial charge in [0.05, 0.1) is 18.1 Å². The van der Waals surface area contributed by atoms with E-state index in [4.69, 9.17) is 9.15 Å². The summed E-state index contributed by atoms with van der Waals surface area (Å²) >= 11 is 0. The molecule has 1 aromatic heterocycles. The lowest BCUT2D eigenvalue weighted by Crippen LogP contribution is -2.44. The lowest BCUT2D eigenvalue weighted by Gasteiger charge is -2.45. The predicted octanol–water partition coefficient (Wildman–Crippen LogP) is 3.67. The maximum Gasteiger partial charge on any atom is 0.0950 e. The SMILES string of the molecule is CNC(c1ccoc1)C1CCOC2(CCCCC2)C1. The van der Waals surface area contributed by atoms with Gasteiger partial charge in [-0.1, -0.05) is 19.3 Å². The average Bonchev–Trinajstić information content (AvgIpc) is 2.95. The summed E-state index contributed by atoms with van der Waals surface area (Å²) in [7, 11) is 2.06. The number of nitrogens with one attached hydrogen (secondary N) is 1. The zero-order chi connectivity index (χ0) is 13.1. The highest BCUT2D eigenvalue weighted by molar-refractivity contribution is 5.13. The van der Waals surface area contributed by atoms with Gasteiger partial charge in [-0.2, -0.15) is 0 Å². The van der Waals surface area contributed by atoms with E-state index in [9.17, 15) is 0 Å². The molecule has 3 rings (SSSR count). The molecule has 2 aliphatic rings. The predicted molar refractivity (Wildman–Crippen MR) is 75.0 cm³/mol. The summed E-state index contributed by atoms with van der Waals surface area (Å²) in [5.74, 6) is 0.662. The number of furan rings is 1. The first-order valence-electron chi connectivity index (χ1n) is 7.66. The molecule has 1 aromatic rings. The molecule has 2 unspecified atom stereocenters. The Bertz CT molecular complexity index is 376. The molecule has 0 bridgehead atoms. The zero-order valence-corrected chi connectivity index (χ0v) is 11.9. The Hall–Kier alpha value is -0.800. The van der Waals surface area contributed by atoms with Crippen LogP contribution in [0.15, 0.2) is 23.0 Å². The number of ether oxygens (including phenoxy) is 1. The highest BCUT2D eigenvalue weighted by atomic mass is 16.5. The molecule has 1 saturated heterocycles. The highest BCUT2D eigenvalue weighted by Crippen LogP contribution is 2.44. The molecule has 1 aliphatic carbocycles. The van der Waals surface area contributed by atoms with Crippen LogP contribution >= 0.6 is 0 Å². The van der Waals surface area contributed by atoms with Crippen molar-refractivity contribution in [3.63, 3.8) is 0 Å². The van der Waals surface area contributed by atoms with Gasteiger partial charge in [-0.25, -0.2) is 0 Å². The third kappa shape index (κ3) is 2.72. The Labute approximate surface area is 115 Å². The molecule has 1 N–H and O–H groups in total. The molecule has 106 valence electrons. The van der Waals surface area contributed by atoms with Crippen LogP contribution in [0.2, 0.25) is 0 Å². The zero-order valence-electron chi connectivity index (χ0n) is 11.9. The van der Waals surface area contributed by atoms with Crippen molar-refractivity contribution in [3.05, 3.63) is 24.2 Å². The molecule has 1 saturated carbocycles. The van der Waals surface area contributed by atoms with E-state index in [0.717, 1.165) is 13.0 Å². The van der Waals surface area contributed by atoms with Crippen molar-refractivity contribution in [1.29, 1.82) is 0 Å². The summed E-state index contributed by atoms with van der Waals surface area (Å²) in [4.78, 5) is 0. The maximum atomic E-state index is 6.20. The minimum atomic E-state index is 0.181. The van der Waals surface area contributed by atoms with E-state index in [2.05, 4.69) is 18.4 Å². The Kier molecular flexibility index (Phi) is 3.94. The number of rotatable bonds is 3. The van der Waals surface area contributed by atoms with E-state index in [1.807, 2.05) is 6.26 Å². The number of hydrogen-bond acceptors (Lipinski definition) is 3. The van der Waals surface area contributed by atoms with Crippen molar-refractivity contribution in [3.8, 4) is 0 Å². The molecule has 0 aromatic carbocycles. The normalized spacial score (nSPS) is 28.4. The van der Waals surface area contributed by atoms with E-state index in [1.54, 1.807) is 6.26 Å². The standard InChI is InChI=1S/C16H25NO2/c1-17-15(14-5-9-18-12-14)13-6-10-19-16(11-13)7-3-2-4-8-16/h5,9,12-13,15,17H,2-4,6-8,10-11H2,1H3. The molecule has 3 nitrogen and oxygen atoms in total. The van der Waals surface area contributed by atoms with E-state index in [0.29, 0.717) is 12.0 Å². The van der Waals surface area contributed by atoms with Gasteiger partial charge in [-0.3, -0.25) is 0 Å². The third-order valence-electron chi connectivity index (χ3n) is 4.98. The van der Waals surface area contributed by atoms with Gasteiger partial charge in [0.2, 0.25) is 0 Å². The summed E-state index contributed by atoms with van der Waals surface area (Å²) in [5.41, 5.74) is 1.46. The van der Waals surface area contributed by atoms with Gasteiger partial charge in [0.25, 0.3) is 0 Å². The van der Waals surface area contributed by atoms with Crippen molar-refractivity contribution in [2.75, 3.05) is 13.7 Å². The molecule has 2 fully saturated rings. The van der Waals surface area contributed by atoms with Gasteiger partial charge in [-0.15, -0.1) is 0 Å². The molecule has 2 atom stereocenters. The maximum absolute atomic E-state index is 6.20.